The Morgan fingerprint density at radius 3 is 2.56 bits per heavy atom. The van der Waals surface area contributed by atoms with Crippen LogP contribution in [0.15, 0.2) is 12.1 Å². The number of methoxy groups -OCH3 is 1. The van der Waals surface area contributed by atoms with Crippen LogP contribution in [0.4, 0.5) is 0 Å². The van der Waals surface area contributed by atoms with Crippen LogP contribution < -0.4 is 10.5 Å². The van der Waals surface area contributed by atoms with Gasteiger partial charge in [-0.1, -0.05) is 11.6 Å². The topological polar surface area (TPSA) is 55.5 Å². The average Bonchev–Trinajstić information content (AvgIpc) is 2.17. The number of phenols is 1. The first-order chi connectivity index (χ1) is 7.33. The van der Waals surface area contributed by atoms with E-state index >= 15 is 0 Å². The Labute approximate surface area is 101 Å². The summed E-state index contributed by atoms with van der Waals surface area (Å²) < 4.78 is 5.03. The summed E-state index contributed by atoms with van der Waals surface area (Å²) in [6, 6.07) is 3.33. The minimum absolute atomic E-state index is 0.149. The van der Waals surface area contributed by atoms with Crippen molar-refractivity contribution in [2.24, 2.45) is 5.73 Å². The van der Waals surface area contributed by atoms with Gasteiger partial charge in [0.05, 0.1) is 7.11 Å². The van der Waals surface area contributed by atoms with Crippen LogP contribution in [0.5, 0.6) is 11.5 Å². The molecular weight excluding hydrogens is 226 g/mol. The summed E-state index contributed by atoms with van der Waals surface area (Å²) >= 11 is 5.93. The van der Waals surface area contributed by atoms with E-state index in [1.54, 1.807) is 12.1 Å². The third-order valence-electron chi connectivity index (χ3n) is 2.38. The van der Waals surface area contributed by atoms with Gasteiger partial charge in [-0.05, 0) is 38.3 Å². The van der Waals surface area contributed by atoms with Crippen molar-refractivity contribution in [3.05, 3.63) is 22.7 Å². The number of halogens is 1. The predicted molar refractivity (Wildman–Crippen MR) is 66.3 cm³/mol. The van der Waals surface area contributed by atoms with Crippen molar-refractivity contribution in [1.29, 1.82) is 0 Å². The van der Waals surface area contributed by atoms with Gasteiger partial charge in [-0.3, -0.25) is 0 Å². The number of benzene rings is 1. The van der Waals surface area contributed by atoms with E-state index in [1.165, 1.54) is 7.11 Å². The van der Waals surface area contributed by atoms with E-state index in [1.807, 2.05) is 13.8 Å². The summed E-state index contributed by atoms with van der Waals surface area (Å²) in [6.07, 6.45) is 1.44. The summed E-state index contributed by atoms with van der Waals surface area (Å²) in [5, 5.41) is 10.4. The minimum Gasteiger partial charge on any atom is -0.504 e. The molecule has 0 saturated heterocycles. The minimum atomic E-state index is -0.262. The molecule has 0 amide bonds. The fraction of sp³-hybridized carbons (Fsp3) is 0.500. The average molecular weight is 244 g/mol. The second-order valence-electron chi connectivity index (χ2n) is 4.60. The number of rotatable bonds is 4. The zero-order valence-electron chi connectivity index (χ0n) is 9.88. The molecule has 0 aromatic heterocycles. The van der Waals surface area contributed by atoms with Gasteiger partial charge in [-0.2, -0.15) is 0 Å². The number of hydrogen-bond donors (Lipinski definition) is 2. The molecule has 0 bridgehead atoms. The third kappa shape index (κ3) is 3.58. The van der Waals surface area contributed by atoms with Crippen LogP contribution >= 0.6 is 11.6 Å². The molecular formula is C12H18ClNO2. The lowest BCUT2D eigenvalue weighted by Gasteiger charge is -2.19. The van der Waals surface area contributed by atoms with Gasteiger partial charge in [0.1, 0.15) is 0 Å². The molecule has 0 fully saturated rings. The molecule has 0 unspecified atom stereocenters. The lowest BCUT2D eigenvalue weighted by molar-refractivity contribution is 0.368. The van der Waals surface area contributed by atoms with E-state index in [-0.39, 0.29) is 11.3 Å². The van der Waals surface area contributed by atoms with Crippen molar-refractivity contribution in [3.8, 4) is 11.5 Å². The molecule has 0 saturated carbocycles. The molecule has 1 aromatic rings. The van der Waals surface area contributed by atoms with Gasteiger partial charge in [-0.15, -0.1) is 0 Å². The summed E-state index contributed by atoms with van der Waals surface area (Å²) in [4.78, 5) is 0. The Bertz CT molecular complexity index is 372. The monoisotopic (exact) mass is 243 g/mol. The van der Waals surface area contributed by atoms with Gasteiger partial charge < -0.3 is 15.6 Å². The zero-order chi connectivity index (χ0) is 12.3. The normalized spacial score (nSPS) is 11.6. The quantitative estimate of drug-likeness (QED) is 0.855. The highest BCUT2D eigenvalue weighted by atomic mass is 35.5. The molecule has 0 radical (unpaired) electrons. The number of hydrogen-bond acceptors (Lipinski definition) is 3. The Morgan fingerprint density at radius 1 is 1.44 bits per heavy atom. The number of ether oxygens (including phenoxy) is 1. The molecule has 0 heterocycles. The van der Waals surface area contributed by atoms with Crippen LogP contribution in [0.2, 0.25) is 5.02 Å². The van der Waals surface area contributed by atoms with Gasteiger partial charge >= 0.3 is 0 Å². The van der Waals surface area contributed by atoms with Crippen molar-refractivity contribution < 1.29 is 9.84 Å². The number of aromatic hydroxyl groups is 1. The molecule has 0 spiro atoms. The molecule has 0 aliphatic rings. The van der Waals surface area contributed by atoms with Crippen molar-refractivity contribution in [3.63, 3.8) is 0 Å². The lowest BCUT2D eigenvalue weighted by atomic mass is 9.96. The van der Waals surface area contributed by atoms with Crippen molar-refractivity contribution >= 4 is 11.6 Å². The van der Waals surface area contributed by atoms with Gasteiger partial charge in [0.15, 0.2) is 11.5 Å². The van der Waals surface area contributed by atoms with Gasteiger partial charge in [0, 0.05) is 16.6 Å². The first-order valence-electron chi connectivity index (χ1n) is 5.18. The third-order valence-corrected chi connectivity index (χ3v) is 2.60. The number of phenolic OH excluding ortho intramolecular Hbond substituents is 1. The molecule has 0 aliphatic heterocycles. The molecule has 16 heavy (non-hydrogen) atoms. The number of aryl methyl sites for hydroxylation is 1. The number of nitrogens with two attached hydrogens (primary N) is 1. The standard InChI is InChI=1S/C12H18ClNO2/c1-12(2,14)5-4-8-6-9(13)7-10(16-3)11(8)15/h6-7,15H,4-5,14H2,1-3H3. The molecule has 4 heteroatoms. The summed E-state index contributed by atoms with van der Waals surface area (Å²) in [5.41, 5.74) is 6.40. The van der Waals surface area contributed by atoms with Crippen LogP contribution in [0.1, 0.15) is 25.8 Å². The molecule has 1 rings (SSSR count). The van der Waals surface area contributed by atoms with E-state index in [0.29, 0.717) is 17.2 Å². The lowest BCUT2D eigenvalue weighted by Crippen LogP contribution is -2.32. The Hall–Kier alpha value is -0.930. The first kappa shape index (κ1) is 13.1. The van der Waals surface area contributed by atoms with E-state index in [4.69, 9.17) is 22.1 Å². The molecule has 0 atom stereocenters. The summed E-state index contributed by atoms with van der Waals surface area (Å²) in [7, 11) is 1.50. The fourth-order valence-corrected chi connectivity index (χ4v) is 1.66. The van der Waals surface area contributed by atoms with Crippen LogP contribution in [-0.2, 0) is 6.42 Å². The highest BCUT2D eigenvalue weighted by Crippen LogP contribution is 2.34. The van der Waals surface area contributed by atoms with E-state index in [0.717, 1.165) is 12.0 Å². The van der Waals surface area contributed by atoms with E-state index in [2.05, 4.69) is 0 Å². The first-order valence-corrected chi connectivity index (χ1v) is 5.55. The Morgan fingerprint density at radius 2 is 2.06 bits per heavy atom. The van der Waals surface area contributed by atoms with Crippen molar-refractivity contribution in [1.82, 2.24) is 0 Å². The largest absolute Gasteiger partial charge is 0.504 e. The van der Waals surface area contributed by atoms with E-state index < -0.39 is 0 Å². The Kier molecular flexibility index (Phi) is 4.05. The van der Waals surface area contributed by atoms with Crippen LogP contribution in [-0.4, -0.2) is 17.8 Å². The van der Waals surface area contributed by atoms with Crippen LogP contribution in [0.3, 0.4) is 0 Å². The SMILES string of the molecule is COc1cc(Cl)cc(CCC(C)(C)N)c1O. The smallest absolute Gasteiger partial charge is 0.162 e. The molecule has 1 aromatic carbocycles. The zero-order valence-corrected chi connectivity index (χ0v) is 10.6. The van der Waals surface area contributed by atoms with Crippen molar-refractivity contribution in [2.45, 2.75) is 32.2 Å². The Balaban J connectivity index is 2.91. The highest BCUT2D eigenvalue weighted by molar-refractivity contribution is 6.30. The maximum Gasteiger partial charge on any atom is 0.162 e. The molecule has 3 N–H and O–H groups in total. The molecule has 3 nitrogen and oxygen atoms in total. The van der Waals surface area contributed by atoms with Crippen LogP contribution in [0.25, 0.3) is 0 Å². The predicted octanol–water partition coefficient (Wildman–Crippen LogP) is 2.72. The van der Waals surface area contributed by atoms with Gasteiger partial charge in [-0.25, -0.2) is 0 Å². The van der Waals surface area contributed by atoms with Gasteiger partial charge in [0.2, 0.25) is 0 Å². The fourth-order valence-electron chi connectivity index (χ4n) is 1.43. The second kappa shape index (κ2) is 4.93. The molecule has 90 valence electrons. The van der Waals surface area contributed by atoms with E-state index in [9.17, 15) is 5.11 Å². The van der Waals surface area contributed by atoms with Crippen LogP contribution in [0, 0.1) is 0 Å². The highest BCUT2D eigenvalue weighted by Gasteiger charge is 2.15. The second-order valence-corrected chi connectivity index (χ2v) is 5.04. The maximum absolute atomic E-state index is 9.89. The molecule has 0 aliphatic carbocycles. The van der Waals surface area contributed by atoms with Gasteiger partial charge in [0.25, 0.3) is 0 Å². The summed E-state index contributed by atoms with van der Waals surface area (Å²) in [5.74, 6) is 0.550. The van der Waals surface area contributed by atoms with Crippen molar-refractivity contribution in [2.75, 3.05) is 7.11 Å². The maximum atomic E-state index is 9.89. The summed E-state index contributed by atoms with van der Waals surface area (Å²) in [6.45, 7) is 3.90.